The fourth-order valence-corrected chi connectivity index (χ4v) is 5.07. The molecule has 4 heterocycles. The van der Waals surface area contributed by atoms with Gasteiger partial charge in [0.15, 0.2) is 5.65 Å². The highest BCUT2D eigenvalue weighted by molar-refractivity contribution is 6.00. The van der Waals surface area contributed by atoms with Gasteiger partial charge in [-0.05, 0) is 62.3 Å². The zero-order valence-corrected chi connectivity index (χ0v) is 16.4. The molecule has 2 aliphatic rings. The van der Waals surface area contributed by atoms with Gasteiger partial charge in [0.25, 0.3) is 12.3 Å². The van der Waals surface area contributed by atoms with Gasteiger partial charge in [-0.3, -0.25) is 4.79 Å². The normalized spacial score (nSPS) is 23.5. The SMILES string of the molecule is Cc1cc(C(F)F)n2ncc(C(=O)N3[C@H]4CC[C@H]3CC(c3ccc(F)cc3)C4)c2n1. The molecule has 0 unspecified atom stereocenters. The van der Waals surface area contributed by atoms with Gasteiger partial charge in [0.1, 0.15) is 17.1 Å². The number of benzene rings is 1. The number of amides is 1. The van der Waals surface area contributed by atoms with Gasteiger partial charge in [0.2, 0.25) is 0 Å². The van der Waals surface area contributed by atoms with Crippen LogP contribution >= 0.6 is 0 Å². The van der Waals surface area contributed by atoms with Crippen LogP contribution in [0.5, 0.6) is 0 Å². The molecule has 0 spiro atoms. The van der Waals surface area contributed by atoms with Crippen molar-refractivity contribution in [3.63, 3.8) is 0 Å². The van der Waals surface area contributed by atoms with Gasteiger partial charge in [0.05, 0.1) is 6.20 Å². The Bertz CT molecular complexity index is 1100. The fraction of sp³-hybridized carbons (Fsp3) is 0.409. The Morgan fingerprint density at radius 2 is 1.80 bits per heavy atom. The first-order valence-corrected chi connectivity index (χ1v) is 10.1. The summed E-state index contributed by atoms with van der Waals surface area (Å²) in [5, 5.41) is 4.03. The van der Waals surface area contributed by atoms with E-state index >= 15 is 0 Å². The molecule has 5 rings (SSSR count). The molecule has 2 aromatic heterocycles. The molecule has 8 heteroatoms. The van der Waals surface area contributed by atoms with Crippen molar-refractivity contribution >= 4 is 11.6 Å². The molecule has 5 nitrogen and oxygen atoms in total. The summed E-state index contributed by atoms with van der Waals surface area (Å²) in [6.45, 7) is 1.63. The number of rotatable bonds is 3. The third kappa shape index (κ3) is 3.05. The van der Waals surface area contributed by atoms with Crippen molar-refractivity contribution in [1.82, 2.24) is 19.5 Å². The van der Waals surface area contributed by atoms with Gasteiger partial charge in [-0.1, -0.05) is 12.1 Å². The van der Waals surface area contributed by atoms with E-state index < -0.39 is 6.43 Å². The average Bonchev–Trinajstić information content (AvgIpc) is 3.25. The van der Waals surface area contributed by atoms with Crippen molar-refractivity contribution in [3.8, 4) is 0 Å². The van der Waals surface area contributed by atoms with Gasteiger partial charge >= 0.3 is 0 Å². The predicted octanol–water partition coefficient (Wildman–Crippen LogP) is 4.67. The number of fused-ring (bicyclic) bond motifs is 3. The Labute approximate surface area is 171 Å². The lowest BCUT2D eigenvalue weighted by atomic mass is 9.85. The van der Waals surface area contributed by atoms with Crippen molar-refractivity contribution in [2.24, 2.45) is 0 Å². The van der Waals surface area contributed by atoms with Crippen molar-refractivity contribution in [2.45, 2.75) is 57.0 Å². The first kappa shape index (κ1) is 19.1. The molecule has 0 aliphatic carbocycles. The zero-order valence-electron chi connectivity index (χ0n) is 16.4. The van der Waals surface area contributed by atoms with Crippen LogP contribution in [0.4, 0.5) is 13.2 Å². The molecule has 0 N–H and O–H groups in total. The highest BCUT2D eigenvalue weighted by atomic mass is 19.3. The molecule has 0 saturated carbocycles. The Morgan fingerprint density at radius 3 is 2.43 bits per heavy atom. The van der Waals surface area contributed by atoms with E-state index in [4.69, 9.17) is 0 Å². The number of alkyl halides is 2. The Balaban J connectivity index is 1.45. The van der Waals surface area contributed by atoms with Crippen LogP contribution < -0.4 is 0 Å². The summed E-state index contributed by atoms with van der Waals surface area (Å²) < 4.78 is 41.1. The van der Waals surface area contributed by atoms with E-state index in [1.165, 1.54) is 24.4 Å². The van der Waals surface area contributed by atoms with Gasteiger partial charge in [-0.15, -0.1) is 0 Å². The smallest absolute Gasteiger partial charge is 0.280 e. The van der Waals surface area contributed by atoms with Crippen LogP contribution in [0.25, 0.3) is 5.65 Å². The third-order valence-electron chi connectivity index (χ3n) is 6.39. The van der Waals surface area contributed by atoms with Gasteiger partial charge in [-0.2, -0.15) is 5.10 Å². The molecule has 2 aliphatic heterocycles. The summed E-state index contributed by atoms with van der Waals surface area (Å²) in [6.07, 6.45) is 2.06. The summed E-state index contributed by atoms with van der Waals surface area (Å²) in [6, 6.07) is 8.02. The monoisotopic (exact) mass is 414 g/mol. The van der Waals surface area contributed by atoms with Crippen LogP contribution in [0, 0.1) is 12.7 Å². The number of halogens is 3. The van der Waals surface area contributed by atoms with E-state index in [0.29, 0.717) is 5.69 Å². The van der Waals surface area contributed by atoms with Gasteiger partial charge < -0.3 is 4.90 Å². The molecule has 2 saturated heterocycles. The van der Waals surface area contributed by atoms with Gasteiger partial charge in [0, 0.05) is 17.8 Å². The summed E-state index contributed by atoms with van der Waals surface area (Å²) in [5.41, 5.74) is 1.68. The van der Waals surface area contributed by atoms with E-state index in [0.717, 1.165) is 35.8 Å². The van der Waals surface area contributed by atoms with Crippen LogP contribution in [-0.2, 0) is 0 Å². The molecule has 2 fully saturated rings. The van der Waals surface area contributed by atoms with Crippen LogP contribution in [0.2, 0.25) is 0 Å². The maximum absolute atomic E-state index is 13.4. The molecule has 2 atom stereocenters. The van der Waals surface area contributed by atoms with Crippen LogP contribution in [0.3, 0.4) is 0 Å². The molecule has 3 aromatic rings. The van der Waals surface area contributed by atoms with Crippen LogP contribution in [-0.4, -0.2) is 37.5 Å². The van der Waals surface area contributed by atoms with E-state index in [2.05, 4.69) is 10.1 Å². The Hall–Kier alpha value is -2.90. The second-order valence-corrected chi connectivity index (χ2v) is 8.23. The highest BCUT2D eigenvalue weighted by Gasteiger charge is 2.44. The molecular weight excluding hydrogens is 393 g/mol. The van der Waals surface area contributed by atoms with E-state index in [1.54, 1.807) is 6.92 Å². The average molecular weight is 414 g/mol. The number of carbonyl (C=O) groups excluding carboxylic acids is 1. The first-order chi connectivity index (χ1) is 14.4. The van der Waals surface area contributed by atoms with Crippen LogP contribution in [0.1, 0.15) is 65.3 Å². The lowest BCUT2D eigenvalue weighted by molar-refractivity contribution is 0.0573. The quantitative estimate of drug-likeness (QED) is 0.626. The highest BCUT2D eigenvalue weighted by Crippen LogP contribution is 2.44. The minimum Gasteiger partial charge on any atom is -0.332 e. The lowest BCUT2D eigenvalue weighted by Gasteiger charge is -2.39. The molecule has 0 radical (unpaired) electrons. The second-order valence-electron chi connectivity index (χ2n) is 8.23. The number of piperidine rings is 1. The molecule has 2 bridgehead atoms. The third-order valence-corrected chi connectivity index (χ3v) is 6.39. The Kier molecular flexibility index (Phi) is 4.52. The van der Waals surface area contributed by atoms with Crippen molar-refractivity contribution in [2.75, 3.05) is 0 Å². The maximum Gasteiger partial charge on any atom is 0.280 e. The second kappa shape index (κ2) is 7.11. The lowest BCUT2D eigenvalue weighted by Crippen LogP contribution is -2.46. The van der Waals surface area contributed by atoms with Gasteiger partial charge in [-0.25, -0.2) is 22.7 Å². The van der Waals surface area contributed by atoms with Crippen molar-refractivity contribution in [1.29, 1.82) is 0 Å². The molecule has 156 valence electrons. The van der Waals surface area contributed by atoms with Crippen molar-refractivity contribution < 1.29 is 18.0 Å². The Morgan fingerprint density at radius 1 is 1.13 bits per heavy atom. The minimum absolute atomic E-state index is 0.0700. The standard InChI is InChI=1S/C22H21F3N4O/c1-12-8-19(20(24)25)29-21(27-12)18(11-26-29)22(30)28-16-6-7-17(28)10-14(9-16)13-2-4-15(23)5-3-13/h2-5,8,11,14,16-17,20H,6-7,9-10H2,1H3/t16-,17-/m0/s1. The molecule has 30 heavy (non-hydrogen) atoms. The van der Waals surface area contributed by atoms with Crippen molar-refractivity contribution in [3.05, 3.63) is 64.9 Å². The van der Waals surface area contributed by atoms with E-state index in [1.807, 2.05) is 17.0 Å². The summed E-state index contributed by atoms with van der Waals surface area (Å²) in [7, 11) is 0. The summed E-state index contributed by atoms with van der Waals surface area (Å²) >= 11 is 0. The first-order valence-electron chi connectivity index (χ1n) is 10.1. The van der Waals surface area contributed by atoms with Crippen LogP contribution in [0.15, 0.2) is 36.5 Å². The number of hydrogen-bond acceptors (Lipinski definition) is 3. The number of aromatic nitrogens is 3. The van der Waals surface area contributed by atoms with E-state index in [9.17, 15) is 18.0 Å². The molecular formula is C22H21F3N4O. The molecule has 1 aromatic carbocycles. The fourth-order valence-electron chi connectivity index (χ4n) is 5.07. The topological polar surface area (TPSA) is 50.5 Å². The maximum atomic E-state index is 13.4. The summed E-state index contributed by atoms with van der Waals surface area (Å²) in [5.74, 6) is -0.177. The number of carbonyl (C=O) groups is 1. The predicted molar refractivity (Wildman–Crippen MR) is 104 cm³/mol. The number of nitrogens with zero attached hydrogens (tertiary/aromatic N) is 4. The minimum atomic E-state index is -2.71. The largest absolute Gasteiger partial charge is 0.332 e. The number of aryl methyl sites for hydroxylation is 1. The summed E-state index contributed by atoms with van der Waals surface area (Å²) in [4.78, 5) is 19.6. The van der Waals surface area contributed by atoms with E-state index in [-0.39, 0.29) is 46.6 Å². The molecule has 1 amide bonds. The number of hydrogen-bond donors (Lipinski definition) is 0. The zero-order chi connectivity index (χ0) is 21.0.